The van der Waals surface area contributed by atoms with Gasteiger partial charge in [0.2, 0.25) is 11.8 Å². The fourth-order valence-corrected chi connectivity index (χ4v) is 2.45. The number of carboxylic acid groups (broad SMARTS) is 1. The van der Waals surface area contributed by atoms with Crippen molar-refractivity contribution in [3.8, 4) is 0 Å². The Balaban J connectivity index is 2.76. The lowest BCUT2D eigenvalue weighted by Gasteiger charge is -2.26. The first-order valence-electron chi connectivity index (χ1n) is 5.72. The molecule has 8 nitrogen and oxygen atoms in total. The van der Waals surface area contributed by atoms with Gasteiger partial charge in [-0.2, -0.15) is 0 Å². The molecule has 0 aromatic rings. The third kappa shape index (κ3) is 4.19. The molecule has 19 heavy (non-hydrogen) atoms. The second-order valence-electron chi connectivity index (χ2n) is 4.15. The number of rotatable bonds is 6. The zero-order chi connectivity index (χ0) is 14.4. The molecule has 1 unspecified atom stereocenters. The van der Waals surface area contributed by atoms with Crippen molar-refractivity contribution in [2.24, 2.45) is 4.58 Å². The maximum Gasteiger partial charge on any atom is 0.326 e. The Kier molecular flexibility index (Phi) is 5.74. The second-order valence-corrected chi connectivity index (χ2v) is 4.89. The van der Waals surface area contributed by atoms with Gasteiger partial charge in [-0.1, -0.05) is 0 Å². The van der Waals surface area contributed by atoms with Crippen molar-refractivity contribution < 1.29 is 19.5 Å². The van der Waals surface area contributed by atoms with Gasteiger partial charge in [-0.15, -0.1) is 4.91 Å². The smallest absolute Gasteiger partial charge is 0.326 e. The summed E-state index contributed by atoms with van der Waals surface area (Å²) in [7, 11) is 0. The highest BCUT2D eigenvalue weighted by atomic mass is 32.2. The van der Waals surface area contributed by atoms with Gasteiger partial charge >= 0.3 is 5.97 Å². The minimum Gasteiger partial charge on any atom is -0.480 e. The van der Waals surface area contributed by atoms with Gasteiger partial charge in [-0.3, -0.25) is 9.59 Å². The van der Waals surface area contributed by atoms with Gasteiger partial charge in [0.05, 0.1) is 0 Å². The van der Waals surface area contributed by atoms with Crippen LogP contribution < -0.4 is 5.32 Å². The minimum atomic E-state index is -1.06. The minimum absolute atomic E-state index is 0.00917. The van der Waals surface area contributed by atoms with E-state index in [2.05, 4.69) is 9.90 Å². The van der Waals surface area contributed by atoms with Crippen molar-refractivity contribution in [2.45, 2.75) is 31.8 Å². The average molecular weight is 289 g/mol. The van der Waals surface area contributed by atoms with E-state index in [-0.39, 0.29) is 5.75 Å². The summed E-state index contributed by atoms with van der Waals surface area (Å²) in [5.74, 6) is -1.98. The quantitative estimate of drug-likeness (QED) is 0.524. The maximum absolute atomic E-state index is 12.2. The van der Waals surface area contributed by atoms with Crippen molar-refractivity contribution in [3.05, 3.63) is 4.91 Å². The number of nitroso groups, excluding NO2 is 1. The topological polar surface area (TPSA) is 116 Å². The monoisotopic (exact) mass is 289 g/mol. The molecule has 0 aromatic heterocycles. The summed E-state index contributed by atoms with van der Waals surface area (Å²) in [6, 6.07) is -1.79. The molecule has 1 aliphatic rings. The number of nitrogens with one attached hydrogen (secondary N) is 1. The molecule has 0 radical (unpaired) electrons. The number of amides is 2. The summed E-state index contributed by atoms with van der Waals surface area (Å²) in [5, 5.41) is 11.4. The van der Waals surface area contributed by atoms with Crippen molar-refractivity contribution in [3.63, 3.8) is 0 Å². The third-order valence-corrected chi connectivity index (χ3v) is 3.38. The van der Waals surface area contributed by atoms with Gasteiger partial charge in [0.1, 0.15) is 12.1 Å². The molecule has 0 aromatic carbocycles. The number of hydrogen-bond acceptors (Lipinski definition) is 6. The van der Waals surface area contributed by atoms with Crippen LogP contribution in [0.2, 0.25) is 0 Å². The van der Waals surface area contributed by atoms with E-state index in [1.807, 2.05) is 0 Å². The van der Waals surface area contributed by atoms with Crippen molar-refractivity contribution >= 4 is 29.7 Å². The Morgan fingerprint density at radius 1 is 1.53 bits per heavy atom. The van der Waals surface area contributed by atoms with Crippen molar-refractivity contribution in [1.82, 2.24) is 10.2 Å². The molecule has 0 saturated carbocycles. The fraction of sp³-hybridized carbons (Fsp3) is 0.700. The molecule has 1 saturated heterocycles. The summed E-state index contributed by atoms with van der Waals surface area (Å²) in [4.78, 5) is 45.6. The molecule has 0 bridgehead atoms. The van der Waals surface area contributed by atoms with Crippen LogP contribution in [0.1, 0.15) is 19.8 Å². The summed E-state index contributed by atoms with van der Waals surface area (Å²) < 4.78 is 2.57. The van der Waals surface area contributed by atoms with E-state index < -0.39 is 29.9 Å². The Morgan fingerprint density at radius 2 is 2.21 bits per heavy atom. The lowest BCUT2D eigenvalue weighted by molar-refractivity contribution is -0.149. The first kappa shape index (κ1) is 15.4. The molecule has 9 heteroatoms. The van der Waals surface area contributed by atoms with Crippen LogP contribution in [0.3, 0.4) is 0 Å². The SMILES string of the molecule is CC(=O)N[C@@H](CSN=O)C(=O)N1CCCC1C(=O)O. The van der Waals surface area contributed by atoms with Gasteiger partial charge in [-0.05, 0) is 12.8 Å². The zero-order valence-corrected chi connectivity index (χ0v) is 11.2. The third-order valence-electron chi connectivity index (χ3n) is 2.79. The lowest BCUT2D eigenvalue weighted by Crippen LogP contribution is -2.52. The predicted molar refractivity (Wildman–Crippen MR) is 68.2 cm³/mol. The number of likely N-dealkylation sites (tertiary alicyclic amines) is 1. The molecule has 0 spiro atoms. The molecule has 0 aliphatic carbocycles. The van der Waals surface area contributed by atoms with E-state index in [9.17, 15) is 19.3 Å². The molecular formula is C10H15N3O5S. The highest BCUT2D eigenvalue weighted by Crippen LogP contribution is 2.19. The van der Waals surface area contributed by atoms with Crippen molar-refractivity contribution in [2.75, 3.05) is 12.3 Å². The predicted octanol–water partition coefficient (Wildman–Crippen LogP) is -0.0187. The van der Waals surface area contributed by atoms with Crippen LogP contribution in [0.25, 0.3) is 0 Å². The Bertz CT molecular complexity index is 389. The molecule has 2 N–H and O–H groups in total. The molecule has 1 fully saturated rings. The van der Waals surface area contributed by atoms with Crippen LogP contribution in [0.5, 0.6) is 0 Å². The van der Waals surface area contributed by atoms with Gasteiger partial charge < -0.3 is 15.3 Å². The number of carboxylic acids is 1. The Labute approximate surface area is 114 Å². The molecule has 2 amide bonds. The van der Waals surface area contributed by atoms with Gasteiger partial charge in [0.15, 0.2) is 0 Å². The Hall–Kier alpha value is -1.64. The van der Waals surface area contributed by atoms with Gasteiger partial charge in [-0.25, -0.2) is 4.79 Å². The second kappa shape index (κ2) is 7.07. The summed E-state index contributed by atoms with van der Waals surface area (Å²) in [5.41, 5.74) is 0. The average Bonchev–Trinajstić information content (AvgIpc) is 2.82. The number of carbonyl (C=O) groups is 3. The van der Waals surface area contributed by atoms with Crippen LogP contribution in [0, 0.1) is 4.91 Å². The first-order chi connectivity index (χ1) is 8.97. The molecule has 2 atom stereocenters. The Morgan fingerprint density at radius 3 is 2.74 bits per heavy atom. The van der Waals surface area contributed by atoms with E-state index in [0.29, 0.717) is 31.3 Å². The summed E-state index contributed by atoms with van der Waals surface area (Å²) >= 11 is 0.615. The molecule has 1 rings (SSSR count). The normalized spacial score (nSPS) is 19.8. The van der Waals surface area contributed by atoms with E-state index in [1.54, 1.807) is 0 Å². The van der Waals surface area contributed by atoms with Crippen LogP contribution in [-0.4, -0.2) is 52.2 Å². The van der Waals surface area contributed by atoms with E-state index in [4.69, 9.17) is 5.11 Å². The van der Waals surface area contributed by atoms with E-state index in [1.165, 1.54) is 11.8 Å². The van der Waals surface area contributed by atoms with Crippen LogP contribution in [0.15, 0.2) is 4.58 Å². The van der Waals surface area contributed by atoms with Crippen LogP contribution in [0.4, 0.5) is 0 Å². The van der Waals surface area contributed by atoms with Gasteiger partial charge in [0.25, 0.3) is 0 Å². The standard InChI is InChI=1S/C10H15N3O5S/c1-6(14)11-7(5-19-12-18)9(15)13-4-2-3-8(13)10(16)17/h7-8H,2-5H2,1H3,(H,11,14)(H,16,17)/t7-,8?/m0/s1. The van der Waals surface area contributed by atoms with E-state index >= 15 is 0 Å². The summed E-state index contributed by atoms with van der Waals surface area (Å²) in [6.07, 6.45) is 1.00. The molecular weight excluding hydrogens is 274 g/mol. The van der Waals surface area contributed by atoms with Crippen LogP contribution >= 0.6 is 11.9 Å². The van der Waals surface area contributed by atoms with Crippen LogP contribution in [-0.2, 0) is 14.4 Å². The molecule has 1 aliphatic heterocycles. The largest absolute Gasteiger partial charge is 0.480 e. The number of aliphatic carboxylic acids is 1. The zero-order valence-electron chi connectivity index (χ0n) is 10.4. The summed E-state index contributed by atoms with van der Waals surface area (Å²) in [6.45, 7) is 1.59. The fourth-order valence-electron chi connectivity index (χ4n) is 2.01. The maximum atomic E-state index is 12.2. The molecule has 106 valence electrons. The van der Waals surface area contributed by atoms with E-state index in [0.717, 1.165) is 0 Å². The number of nitrogens with zero attached hydrogens (tertiary/aromatic N) is 2. The highest BCUT2D eigenvalue weighted by molar-refractivity contribution is 7.97. The van der Waals surface area contributed by atoms with Crippen molar-refractivity contribution in [1.29, 1.82) is 0 Å². The number of hydrogen-bond donors (Lipinski definition) is 2. The number of carbonyl (C=O) groups excluding carboxylic acids is 2. The van der Waals surface area contributed by atoms with Gasteiger partial charge in [0, 0.05) is 35.8 Å². The molecule has 1 heterocycles. The highest BCUT2D eigenvalue weighted by Gasteiger charge is 2.37. The lowest BCUT2D eigenvalue weighted by atomic mass is 10.2. The first-order valence-corrected chi connectivity index (χ1v) is 6.66.